The minimum atomic E-state index is -4.14. The number of alkyl halides is 3. The molecule has 1 heterocycles. The average Bonchev–Trinajstić information content (AvgIpc) is 3.13. The molecule has 1 saturated heterocycles. The largest absolute Gasteiger partial charge is 0.390 e. The van der Waals surface area contributed by atoms with Crippen LogP contribution in [0.4, 0.5) is 18.9 Å². The minimum Gasteiger partial charge on any atom is -0.363 e. The lowest BCUT2D eigenvalue weighted by atomic mass is 10.1. The molecule has 0 bridgehead atoms. The van der Waals surface area contributed by atoms with Crippen LogP contribution in [0.3, 0.4) is 0 Å². The normalized spacial score (nSPS) is 17.5. The summed E-state index contributed by atoms with van der Waals surface area (Å²) in [4.78, 5) is 4.04. The van der Waals surface area contributed by atoms with Crippen LogP contribution in [0.15, 0.2) is 48.5 Å². The van der Waals surface area contributed by atoms with Crippen LogP contribution < -0.4 is 4.90 Å². The van der Waals surface area contributed by atoms with E-state index in [4.69, 9.17) is 16.9 Å². The van der Waals surface area contributed by atoms with E-state index in [0.717, 1.165) is 17.7 Å². The molecular weight excluding hydrogens is 387 g/mol. The highest BCUT2D eigenvalue weighted by atomic mass is 35.5. The van der Waals surface area contributed by atoms with Gasteiger partial charge in [0.05, 0.1) is 17.0 Å². The van der Waals surface area contributed by atoms with Gasteiger partial charge in [-0.2, -0.15) is 18.4 Å². The zero-order chi connectivity index (χ0) is 20.1. The van der Waals surface area contributed by atoms with Gasteiger partial charge >= 0.3 is 6.18 Å². The molecule has 1 aliphatic heterocycles. The Hall–Kier alpha value is -2.23. The molecular formula is C21H21ClF3N3. The summed E-state index contributed by atoms with van der Waals surface area (Å²) in [6.07, 6.45) is -4.15. The molecule has 0 spiro atoms. The predicted molar refractivity (Wildman–Crippen MR) is 104 cm³/mol. The molecule has 0 aromatic heterocycles. The molecule has 1 fully saturated rings. The fourth-order valence-corrected chi connectivity index (χ4v) is 3.76. The number of anilines is 1. The van der Waals surface area contributed by atoms with Crippen LogP contribution in [0.5, 0.6) is 0 Å². The van der Waals surface area contributed by atoms with E-state index < -0.39 is 12.6 Å². The SMILES string of the molecule is N#Cc1ccc(N(Cc2ccccc2)C2CCN(CCC(F)(F)F)C2)cc1Cl. The number of likely N-dealkylation sites (tertiary alicyclic amines) is 1. The fraction of sp³-hybridized carbons (Fsp3) is 0.381. The van der Waals surface area contributed by atoms with Crippen LogP contribution in [0, 0.1) is 11.3 Å². The number of hydrogen-bond donors (Lipinski definition) is 0. The third-order valence-corrected chi connectivity index (χ3v) is 5.31. The first-order chi connectivity index (χ1) is 13.4. The summed E-state index contributed by atoms with van der Waals surface area (Å²) < 4.78 is 37.7. The zero-order valence-corrected chi connectivity index (χ0v) is 16.0. The van der Waals surface area contributed by atoms with E-state index in [1.54, 1.807) is 12.1 Å². The third kappa shape index (κ3) is 5.40. The molecule has 1 aliphatic rings. The van der Waals surface area contributed by atoms with E-state index in [-0.39, 0.29) is 12.6 Å². The summed E-state index contributed by atoms with van der Waals surface area (Å²) in [5.74, 6) is 0. The van der Waals surface area contributed by atoms with E-state index in [1.165, 1.54) is 0 Å². The predicted octanol–water partition coefficient (Wildman–Crippen LogP) is 5.24. The van der Waals surface area contributed by atoms with Crippen molar-refractivity contribution < 1.29 is 13.2 Å². The Bertz CT molecular complexity index is 833. The van der Waals surface area contributed by atoms with Crippen molar-refractivity contribution in [2.75, 3.05) is 24.5 Å². The zero-order valence-electron chi connectivity index (χ0n) is 15.3. The van der Waals surface area contributed by atoms with Crippen molar-refractivity contribution in [3.63, 3.8) is 0 Å². The van der Waals surface area contributed by atoms with Gasteiger partial charge in [-0.15, -0.1) is 0 Å². The molecule has 3 rings (SSSR count). The summed E-state index contributed by atoms with van der Waals surface area (Å²) in [5.41, 5.74) is 2.38. The number of nitriles is 1. The second kappa shape index (κ2) is 8.85. The Balaban J connectivity index is 1.79. The van der Waals surface area contributed by atoms with Crippen molar-refractivity contribution in [1.29, 1.82) is 5.26 Å². The number of rotatable bonds is 6. The van der Waals surface area contributed by atoms with Crippen LogP contribution in [0.25, 0.3) is 0 Å². The molecule has 1 atom stereocenters. The van der Waals surface area contributed by atoms with Crippen molar-refractivity contribution in [3.05, 3.63) is 64.7 Å². The third-order valence-electron chi connectivity index (χ3n) is 5.00. The number of hydrogen-bond acceptors (Lipinski definition) is 3. The Morgan fingerprint density at radius 3 is 2.57 bits per heavy atom. The highest BCUT2D eigenvalue weighted by molar-refractivity contribution is 6.32. The first-order valence-corrected chi connectivity index (χ1v) is 9.53. The van der Waals surface area contributed by atoms with E-state index >= 15 is 0 Å². The Labute approximate surface area is 167 Å². The van der Waals surface area contributed by atoms with Crippen LogP contribution in [0.2, 0.25) is 5.02 Å². The van der Waals surface area contributed by atoms with E-state index in [1.807, 2.05) is 41.3 Å². The van der Waals surface area contributed by atoms with Crippen LogP contribution in [-0.2, 0) is 6.54 Å². The molecule has 1 unspecified atom stereocenters. The van der Waals surface area contributed by atoms with Crippen molar-refractivity contribution in [2.24, 2.45) is 0 Å². The Morgan fingerprint density at radius 1 is 1.18 bits per heavy atom. The van der Waals surface area contributed by atoms with Crippen LogP contribution in [-0.4, -0.2) is 36.8 Å². The summed E-state index contributed by atoms with van der Waals surface area (Å²) in [6, 6.07) is 17.4. The molecule has 0 radical (unpaired) electrons. The van der Waals surface area contributed by atoms with Crippen LogP contribution in [0.1, 0.15) is 24.0 Å². The second-order valence-corrected chi connectivity index (χ2v) is 7.40. The standard InChI is InChI=1S/C21H21ClF3N3/c22-20-12-18(7-6-17(20)13-26)28(14-16-4-2-1-3-5-16)19-8-10-27(15-19)11-9-21(23,24)25/h1-7,12,19H,8-11,14-15H2. The van der Waals surface area contributed by atoms with Gasteiger partial charge in [-0.3, -0.25) is 0 Å². The van der Waals surface area contributed by atoms with E-state index in [0.29, 0.717) is 30.2 Å². The van der Waals surface area contributed by atoms with Gasteiger partial charge in [-0.05, 0) is 30.2 Å². The molecule has 7 heteroatoms. The lowest BCUT2D eigenvalue weighted by Crippen LogP contribution is -2.38. The average molecular weight is 408 g/mol. The fourth-order valence-electron chi connectivity index (χ4n) is 3.54. The van der Waals surface area contributed by atoms with Gasteiger partial charge in [-0.25, -0.2) is 0 Å². The maximum atomic E-state index is 12.6. The van der Waals surface area contributed by atoms with Gasteiger partial charge < -0.3 is 9.80 Å². The van der Waals surface area contributed by atoms with Gasteiger partial charge in [0.2, 0.25) is 0 Å². The molecule has 2 aromatic carbocycles. The van der Waals surface area contributed by atoms with Crippen LogP contribution >= 0.6 is 11.6 Å². The molecule has 2 aromatic rings. The quantitative estimate of drug-likeness (QED) is 0.655. The lowest BCUT2D eigenvalue weighted by Gasteiger charge is -2.32. The van der Waals surface area contributed by atoms with E-state index in [9.17, 15) is 13.2 Å². The van der Waals surface area contributed by atoms with Gasteiger partial charge in [0.15, 0.2) is 0 Å². The van der Waals surface area contributed by atoms with Crippen molar-refractivity contribution in [1.82, 2.24) is 4.90 Å². The summed E-state index contributed by atoms with van der Waals surface area (Å²) >= 11 is 6.23. The molecule has 28 heavy (non-hydrogen) atoms. The molecule has 3 nitrogen and oxygen atoms in total. The number of nitrogens with zero attached hydrogens (tertiary/aromatic N) is 3. The molecule has 0 N–H and O–H groups in total. The van der Waals surface area contributed by atoms with E-state index in [2.05, 4.69) is 11.0 Å². The summed E-state index contributed by atoms with van der Waals surface area (Å²) in [7, 11) is 0. The molecule has 0 saturated carbocycles. The maximum absolute atomic E-state index is 12.6. The highest BCUT2D eigenvalue weighted by Gasteiger charge is 2.32. The smallest absolute Gasteiger partial charge is 0.363 e. The molecule has 0 aliphatic carbocycles. The van der Waals surface area contributed by atoms with Gasteiger partial charge in [0, 0.05) is 37.9 Å². The lowest BCUT2D eigenvalue weighted by molar-refractivity contribution is -0.137. The Kier molecular flexibility index (Phi) is 6.48. The second-order valence-electron chi connectivity index (χ2n) is 7.00. The van der Waals surface area contributed by atoms with Crippen molar-refractivity contribution >= 4 is 17.3 Å². The molecule has 0 amide bonds. The van der Waals surface area contributed by atoms with Gasteiger partial charge in [0.1, 0.15) is 6.07 Å². The first-order valence-electron chi connectivity index (χ1n) is 9.15. The number of benzene rings is 2. The topological polar surface area (TPSA) is 30.3 Å². The number of halogens is 4. The monoisotopic (exact) mass is 407 g/mol. The molecule has 148 valence electrons. The summed E-state index contributed by atoms with van der Waals surface area (Å²) in [6.45, 7) is 1.85. The highest BCUT2D eigenvalue weighted by Crippen LogP contribution is 2.30. The van der Waals surface area contributed by atoms with Crippen molar-refractivity contribution in [2.45, 2.75) is 31.6 Å². The summed E-state index contributed by atoms with van der Waals surface area (Å²) in [5, 5.41) is 9.49. The maximum Gasteiger partial charge on any atom is 0.390 e. The first kappa shape index (κ1) is 20.5. The minimum absolute atomic E-state index is 0.0211. The van der Waals surface area contributed by atoms with Gasteiger partial charge in [-0.1, -0.05) is 41.9 Å². The Morgan fingerprint density at radius 2 is 1.93 bits per heavy atom. The van der Waals surface area contributed by atoms with Gasteiger partial charge in [0.25, 0.3) is 0 Å². The van der Waals surface area contributed by atoms with Crippen molar-refractivity contribution in [3.8, 4) is 6.07 Å².